The van der Waals surface area contributed by atoms with E-state index in [2.05, 4.69) is 19.2 Å². The highest BCUT2D eigenvalue weighted by Gasteiger charge is 1.96. The largest absolute Gasteiger partial charge is 0.463 e. The van der Waals surface area contributed by atoms with Crippen molar-refractivity contribution in [2.24, 2.45) is 5.92 Å². The molecule has 1 unspecified atom stereocenters. The number of hydrogen-bond donors (Lipinski definition) is 1. The number of hydrogen-bond acceptors (Lipinski definition) is 3. The predicted octanol–water partition coefficient (Wildman–Crippen LogP) is 1.74. The van der Waals surface area contributed by atoms with Gasteiger partial charge in [0.15, 0.2) is 0 Å². The van der Waals surface area contributed by atoms with E-state index in [1.54, 1.807) is 13.0 Å². The summed E-state index contributed by atoms with van der Waals surface area (Å²) in [5.74, 6) is 0.420. The molecule has 1 atom stereocenters. The van der Waals surface area contributed by atoms with Crippen LogP contribution in [-0.2, 0) is 9.53 Å². The highest BCUT2D eigenvalue weighted by atomic mass is 16.5. The van der Waals surface area contributed by atoms with Crippen LogP contribution >= 0.6 is 0 Å². The van der Waals surface area contributed by atoms with Crippen LogP contribution in [0, 0.1) is 5.92 Å². The normalized spacial score (nSPS) is 13.1. The van der Waals surface area contributed by atoms with Crippen molar-refractivity contribution in [1.29, 1.82) is 0 Å². The highest BCUT2D eigenvalue weighted by molar-refractivity contribution is 5.81. The Morgan fingerprint density at radius 1 is 1.50 bits per heavy atom. The summed E-state index contributed by atoms with van der Waals surface area (Å²) in [6.07, 6.45) is 4.43. The lowest BCUT2D eigenvalue weighted by Gasteiger charge is -2.07. The summed E-state index contributed by atoms with van der Waals surface area (Å²) in [7, 11) is 0. The van der Waals surface area contributed by atoms with Gasteiger partial charge >= 0.3 is 5.97 Å². The maximum atomic E-state index is 10.9. The Bertz CT molecular complexity index is 178. The van der Waals surface area contributed by atoms with Crippen molar-refractivity contribution in [2.75, 3.05) is 19.7 Å². The maximum Gasteiger partial charge on any atom is 0.330 e. The Morgan fingerprint density at radius 3 is 2.79 bits per heavy atom. The van der Waals surface area contributed by atoms with E-state index in [-0.39, 0.29) is 5.97 Å². The van der Waals surface area contributed by atoms with Gasteiger partial charge in [-0.25, -0.2) is 4.79 Å². The Balaban J connectivity index is 3.39. The first-order chi connectivity index (χ1) is 6.70. The minimum atomic E-state index is -0.266. The molecule has 3 nitrogen and oxygen atoms in total. The summed E-state index contributed by atoms with van der Waals surface area (Å²) in [5.41, 5.74) is 0. The number of ether oxygens (including phenoxy) is 1. The zero-order valence-corrected chi connectivity index (χ0v) is 9.38. The molecule has 0 amide bonds. The van der Waals surface area contributed by atoms with E-state index in [1.807, 2.05) is 0 Å². The molecule has 0 saturated heterocycles. The number of rotatable bonds is 7. The maximum absolute atomic E-state index is 10.9. The van der Waals surface area contributed by atoms with E-state index in [9.17, 15) is 4.79 Å². The van der Waals surface area contributed by atoms with Crippen LogP contribution in [0.4, 0.5) is 0 Å². The molecule has 0 aromatic carbocycles. The van der Waals surface area contributed by atoms with E-state index < -0.39 is 0 Å². The smallest absolute Gasteiger partial charge is 0.330 e. The summed E-state index contributed by atoms with van der Waals surface area (Å²) >= 11 is 0. The van der Waals surface area contributed by atoms with Crippen LogP contribution < -0.4 is 5.32 Å². The van der Waals surface area contributed by atoms with Crippen molar-refractivity contribution in [2.45, 2.75) is 27.2 Å². The molecule has 0 aliphatic heterocycles. The zero-order valence-electron chi connectivity index (χ0n) is 9.38. The topological polar surface area (TPSA) is 38.3 Å². The van der Waals surface area contributed by atoms with Gasteiger partial charge in [-0.3, -0.25) is 0 Å². The molecular formula is C11H21NO2. The van der Waals surface area contributed by atoms with Crippen molar-refractivity contribution < 1.29 is 9.53 Å². The van der Waals surface area contributed by atoms with Gasteiger partial charge in [-0.1, -0.05) is 26.3 Å². The standard InChI is InChI=1S/C11H21NO2/c1-4-10(3)9-12-8-6-7-11(13)14-5-2/h6-7,10,12H,4-5,8-9H2,1-3H3/b7-6+. The number of nitrogens with one attached hydrogen (secondary N) is 1. The molecule has 0 radical (unpaired) electrons. The molecule has 0 spiro atoms. The van der Waals surface area contributed by atoms with E-state index in [0.29, 0.717) is 12.5 Å². The lowest BCUT2D eigenvalue weighted by Crippen LogP contribution is -2.20. The summed E-state index contributed by atoms with van der Waals surface area (Å²) in [6.45, 7) is 8.31. The zero-order chi connectivity index (χ0) is 10.8. The second-order valence-electron chi connectivity index (χ2n) is 3.33. The third-order valence-electron chi connectivity index (χ3n) is 1.99. The molecule has 14 heavy (non-hydrogen) atoms. The molecule has 3 heteroatoms. The van der Waals surface area contributed by atoms with Crippen LogP contribution in [0.15, 0.2) is 12.2 Å². The van der Waals surface area contributed by atoms with Crippen molar-refractivity contribution >= 4 is 5.97 Å². The van der Waals surface area contributed by atoms with Crippen LogP contribution in [0.2, 0.25) is 0 Å². The minimum absolute atomic E-state index is 0.266. The van der Waals surface area contributed by atoms with Gasteiger partial charge in [-0.2, -0.15) is 0 Å². The van der Waals surface area contributed by atoms with Gasteiger partial charge in [0.05, 0.1) is 6.61 Å². The lowest BCUT2D eigenvalue weighted by molar-refractivity contribution is -0.137. The van der Waals surface area contributed by atoms with Crippen LogP contribution in [0.1, 0.15) is 27.2 Å². The average molecular weight is 199 g/mol. The highest BCUT2D eigenvalue weighted by Crippen LogP contribution is 1.96. The van der Waals surface area contributed by atoms with Crippen LogP contribution in [0.25, 0.3) is 0 Å². The number of carbonyl (C=O) groups excluding carboxylic acids is 1. The Labute approximate surface area is 86.5 Å². The molecule has 0 bridgehead atoms. The second-order valence-corrected chi connectivity index (χ2v) is 3.33. The van der Waals surface area contributed by atoms with E-state index in [0.717, 1.165) is 13.1 Å². The fraction of sp³-hybridized carbons (Fsp3) is 0.727. The fourth-order valence-electron chi connectivity index (χ4n) is 0.903. The number of carbonyl (C=O) groups is 1. The number of esters is 1. The minimum Gasteiger partial charge on any atom is -0.463 e. The van der Waals surface area contributed by atoms with Gasteiger partial charge in [-0.05, 0) is 19.4 Å². The first-order valence-electron chi connectivity index (χ1n) is 5.24. The van der Waals surface area contributed by atoms with Gasteiger partial charge in [0, 0.05) is 12.6 Å². The quantitative estimate of drug-likeness (QED) is 0.385. The van der Waals surface area contributed by atoms with E-state index >= 15 is 0 Å². The van der Waals surface area contributed by atoms with E-state index in [1.165, 1.54) is 12.5 Å². The SMILES string of the molecule is CCOC(=O)/C=C/CNCC(C)CC. The van der Waals surface area contributed by atoms with Gasteiger partial charge in [0.25, 0.3) is 0 Å². The Kier molecular flexibility index (Phi) is 8.24. The fourth-order valence-corrected chi connectivity index (χ4v) is 0.903. The molecule has 1 N–H and O–H groups in total. The molecule has 0 aromatic rings. The van der Waals surface area contributed by atoms with Gasteiger partial charge in [0.2, 0.25) is 0 Å². The van der Waals surface area contributed by atoms with Gasteiger partial charge in [-0.15, -0.1) is 0 Å². The summed E-state index contributed by atoms with van der Waals surface area (Å²) in [4.78, 5) is 10.9. The molecule has 0 saturated carbocycles. The lowest BCUT2D eigenvalue weighted by atomic mass is 10.1. The first-order valence-corrected chi connectivity index (χ1v) is 5.24. The van der Waals surface area contributed by atoms with Gasteiger partial charge in [0.1, 0.15) is 0 Å². The molecule has 0 heterocycles. The summed E-state index contributed by atoms with van der Waals surface area (Å²) < 4.78 is 4.74. The molecule has 0 rings (SSSR count). The molecule has 0 aromatic heterocycles. The summed E-state index contributed by atoms with van der Waals surface area (Å²) in [6, 6.07) is 0. The predicted molar refractivity (Wildman–Crippen MR) is 58.1 cm³/mol. The third-order valence-corrected chi connectivity index (χ3v) is 1.99. The average Bonchev–Trinajstić information content (AvgIpc) is 2.17. The molecule has 0 aliphatic rings. The van der Waals surface area contributed by atoms with Crippen LogP contribution in [0.3, 0.4) is 0 Å². The molecule has 82 valence electrons. The van der Waals surface area contributed by atoms with Crippen molar-refractivity contribution in [3.63, 3.8) is 0 Å². The van der Waals surface area contributed by atoms with Crippen LogP contribution in [-0.4, -0.2) is 25.7 Å². The van der Waals surface area contributed by atoms with Crippen LogP contribution in [0.5, 0.6) is 0 Å². The summed E-state index contributed by atoms with van der Waals surface area (Å²) in [5, 5.41) is 3.24. The van der Waals surface area contributed by atoms with Crippen molar-refractivity contribution in [1.82, 2.24) is 5.32 Å². The first kappa shape index (κ1) is 13.2. The second kappa shape index (κ2) is 8.75. The van der Waals surface area contributed by atoms with E-state index in [4.69, 9.17) is 4.74 Å². The Hall–Kier alpha value is -0.830. The Morgan fingerprint density at radius 2 is 2.21 bits per heavy atom. The molecule has 0 fully saturated rings. The molecule has 0 aliphatic carbocycles. The third kappa shape index (κ3) is 7.80. The van der Waals surface area contributed by atoms with Crippen molar-refractivity contribution in [3.05, 3.63) is 12.2 Å². The van der Waals surface area contributed by atoms with Crippen molar-refractivity contribution in [3.8, 4) is 0 Å². The van der Waals surface area contributed by atoms with Gasteiger partial charge < -0.3 is 10.1 Å². The molecular weight excluding hydrogens is 178 g/mol. The monoisotopic (exact) mass is 199 g/mol.